The lowest BCUT2D eigenvalue weighted by atomic mass is 10.0. The quantitative estimate of drug-likeness (QED) is 0.336. The SMILES string of the molecule is NC1CCN(CCN2C(=O)COc3ccc(F)cc32)CC1.O=C1COc2ccc(F)cc2N1CCN1CCC(NCc2cc3c(cn2)OCCO3)CC1. The minimum atomic E-state index is -0.369. The number of carbonyl (C=O) groups is 2. The lowest BCUT2D eigenvalue weighted by molar-refractivity contribution is -0.122. The molecule has 2 aromatic carbocycles. The average Bonchev–Trinajstić information content (AvgIpc) is 3.17. The van der Waals surface area contributed by atoms with Gasteiger partial charge in [-0.15, -0.1) is 0 Å². The molecule has 1 aromatic heterocycles. The third-order valence-electron chi connectivity index (χ3n) is 10.3. The van der Waals surface area contributed by atoms with Crippen LogP contribution in [0.4, 0.5) is 20.2 Å². The van der Waals surface area contributed by atoms with Gasteiger partial charge in [0.25, 0.3) is 11.8 Å². The zero-order chi connectivity index (χ0) is 36.7. The smallest absolute Gasteiger partial charge is 0.265 e. The molecule has 3 aromatic rings. The molecule has 0 atom stereocenters. The van der Waals surface area contributed by atoms with Crippen LogP contribution in [0, 0.1) is 11.6 Å². The van der Waals surface area contributed by atoms with E-state index in [1.54, 1.807) is 28.1 Å². The summed E-state index contributed by atoms with van der Waals surface area (Å²) in [6, 6.07) is 11.2. The number of ether oxygens (including phenoxy) is 4. The highest BCUT2D eigenvalue weighted by atomic mass is 19.1. The maximum atomic E-state index is 13.7. The van der Waals surface area contributed by atoms with Crippen LogP contribution < -0.4 is 39.8 Å². The number of anilines is 2. The summed E-state index contributed by atoms with van der Waals surface area (Å²) in [4.78, 5) is 36.7. The van der Waals surface area contributed by atoms with Crippen molar-refractivity contribution < 1.29 is 37.3 Å². The van der Waals surface area contributed by atoms with Crippen LogP contribution in [0.3, 0.4) is 0 Å². The molecular formula is C38H47F2N7O6. The van der Waals surface area contributed by atoms with Crippen LogP contribution in [-0.4, -0.2) is 117 Å². The molecule has 3 N–H and O–H groups in total. The Balaban J connectivity index is 0.000000179. The number of likely N-dealkylation sites (tertiary alicyclic amines) is 2. The molecular weight excluding hydrogens is 688 g/mol. The molecule has 0 unspecified atom stereocenters. The Bertz CT molecular complexity index is 1750. The third-order valence-corrected chi connectivity index (χ3v) is 10.3. The second kappa shape index (κ2) is 17.1. The predicted octanol–water partition coefficient (Wildman–Crippen LogP) is 2.95. The number of rotatable bonds is 9. The molecule has 8 rings (SSSR count). The molecule has 0 aliphatic carbocycles. The van der Waals surface area contributed by atoms with Gasteiger partial charge in [0.05, 0.1) is 23.3 Å². The van der Waals surface area contributed by atoms with Crippen molar-refractivity contribution in [3.05, 3.63) is 66.0 Å². The summed E-state index contributed by atoms with van der Waals surface area (Å²) in [5.74, 6) is 1.61. The van der Waals surface area contributed by atoms with Gasteiger partial charge >= 0.3 is 0 Å². The first kappa shape index (κ1) is 36.8. The molecule has 5 aliphatic heterocycles. The van der Waals surface area contributed by atoms with Crippen LogP contribution in [0.5, 0.6) is 23.0 Å². The fourth-order valence-electron chi connectivity index (χ4n) is 7.20. The number of carbonyl (C=O) groups excluding carboxylic acids is 2. The molecule has 15 heteroatoms. The number of pyridine rings is 1. The summed E-state index contributed by atoms with van der Waals surface area (Å²) >= 11 is 0. The zero-order valence-corrected chi connectivity index (χ0v) is 29.8. The molecule has 0 saturated carbocycles. The van der Waals surface area contributed by atoms with Crippen LogP contribution in [0.25, 0.3) is 0 Å². The van der Waals surface area contributed by atoms with Gasteiger partial charge < -0.3 is 49.6 Å². The van der Waals surface area contributed by atoms with Crippen molar-refractivity contribution >= 4 is 23.2 Å². The van der Waals surface area contributed by atoms with E-state index in [0.29, 0.717) is 73.6 Å². The van der Waals surface area contributed by atoms with E-state index in [1.807, 2.05) is 6.07 Å². The second-order valence-electron chi connectivity index (χ2n) is 13.9. The molecule has 5 aliphatic rings. The maximum absolute atomic E-state index is 13.7. The molecule has 0 bridgehead atoms. The molecule has 13 nitrogen and oxygen atoms in total. The van der Waals surface area contributed by atoms with Gasteiger partial charge in [-0.25, -0.2) is 8.78 Å². The number of nitrogens with one attached hydrogen (secondary N) is 1. The second-order valence-corrected chi connectivity index (χ2v) is 13.9. The number of piperidine rings is 2. The predicted molar refractivity (Wildman–Crippen MR) is 194 cm³/mol. The lowest BCUT2D eigenvalue weighted by Gasteiger charge is -2.35. The molecule has 284 valence electrons. The standard InChI is InChI=1S/C23H27FN4O4.C15H20FN3O2/c24-16-1-2-20-19(11-16)28(23(29)15-32-20)8-7-27-5-3-17(4-6-27)25-13-18-12-21-22(14-26-18)31-10-9-30-21;16-11-1-2-14-13(9-11)19(15(20)10-21-14)8-7-18-5-3-12(17)4-6-18/h1-2,11-12,14,17,25H,3-10,13,15H2;1-2,9,12H,3-8,10,17H2. The van der Waals surface area contributed by atoms with Gasteiger partial charge in [-0.1, -0.05) is 0 Å². The van der Waals surface area contributed by atoms with E-state index in [1.165, 1.54) is 24.3 Å². The summed E-state index contributed by atoms with van der Waals surface area (Å²) in [6.45, 7) is 8.23. The van der Waals surface area contributed by atoms with E-state index < -0.39 is 0 Å². The Kier molecular flexibility index (Phi) is 11.8. The van der Waals surface area contributed by atoms with Crippen molar-refractivity contribution in [1.82, 2.24) is 20.1 Å². The van der Waals surface area contributed by atoms with Crippen molar-refractivity contribution in [3.8, 4) is 23.0 Å². The number of aromatic nitrogens is 1. The Morgan fingerprint density at radius 3 is 1.77 bits per heavy atom. The minimum absolute atomic E-state index is 0.00147. The highest BCUT2D eigenvalue weighted by molar-refractivity contribution is 5.98. The van der Waals surface area contributed by atoms with Gasteiger partial charge in [0, 0.05) is 63.0 Å². The van der Waals surface area contributed by atoms with Gasteiger partial charge in [-0.2, -0.15) is 0 Å². The number of nitrogens with two attached hydrogens (primary N) is 1. The first-order valence-corrected chi connectivity index (χ1v) is 18.4. The maximum Gasteiger partial charge on any atom is 0.265 e. The number of benzene rings is 2. The van der Waals surface area contributed by atoms with Crippen molar-refractivity contribution in [2.24, 2.45) is 5.73 Å². The zero-order valence-electron chi connectivity index (χ0n) is 29.8. The fraction of sp³-hybridized carbons (Fsp3) is 0.500. The van der Waals surface area contributed by atoms with Crippen molar-refractivity contribution in [2.45, 2.75) is 44.3 Å². The normalized spacial score (nSPS) is 19.5. The van der Waals surface area contributed by atoms with E-state index in [-0.39, 0.29) is 36.7 Å². The average molecular weight is 736 g/mol. The van der Waals surface area contributed by atoms with Crippen LogP contribution in [0.15, 0.2) is 48.7 Å². The molecule has 2 saturated heterocycles. The molecule has 0 spiro atoms. The van der Waals surface area contributed by atoms with Gasteiger partial charge in [0.2, 0.25) is 0 Å². The largest absolute Gasteiger partial charge is 0.486 e. The Morgan fingerprint density at radius 1 is 0.679 bits per heavy atom. The highest BCUT2D eigenvalue weighted by Crippen LogP contribution is 2.34. The third kappa shape index (κ3) is 9.33. The van der Waals surface area contributed by atoms with E-state index >= 15 is 0 Å². The van der Waals surface area contributed by atoms with Crippen LogP contribution in [0.2, 0.25) is 0 Å². The molecule has 2 amide bonds. The Labute approximate surface area is 307 Å². The molecule has 6 heterocycles. The topological polar surface area (TPSA) is 135 Å². The fourth-order valence-corrected chi connectivity index (χ4v) is 7.20. The summed E-state index contributed by atoms with van der Waals surface area (Å²) < 4.78 is 49.0. The monoisotopic (exact) mass is 735 g/mol. The van der Waals surface area contributed by atoms with Crippen LogP contribution in [0.1, 0.15) is 31.4 Å². The Morgan fingerprint density at radius 2 is 1.21 bits per heavy atom. The molecule has 2 fully saturated rings. The minimum Gasteiger partial charge on any atom is -0.486 e. The molecule has 53 heavy (non-hydrogen) atoms. The van der Waals surface area contributed by atoms with E-state index in [4.69, 9.17) is 24.7 Å². The summed E-state index contributed by atoms with van der Waals surface area (Å²) in [5.41, 5.74) is 7.87. The summed E-state index contributed by atoms with van der Waals surface area (Å²) in [7, 11) is 0. The number of nitrogens with zero attached hydrogens (tertiary/aromatic N) is 5. The highest BCUT2D eigenvalue weighted by Gasteiger charge is 2.29. The number of hydrogen-bond donors (Lipinski definition) is 2. The number of hydrogen-bond acceptors (Lipinski definition) is 11. The number of halogens is 2. The number of amides is 2. The first-order valence-electron chi connectivity index (χ1n) is 18.4. The van der Waals surface area contributed by atoms with E-state index in [9.17, 15) is 18.4 Å². The van der Waals surface area contributed by atoms with Crippen molar-refractivity contribution in [3.63, 3.8) is 0 Å². The van der Waals surface area contributed by atoms with E-state index in [2.05, 4.69) is 20.1 Å². The van der Waals surface area contributed by atoms with E-state index in [0.717, 1.165) is 76.4 Å². The van der Waals surface area contributed by atoms with Gasteiger partial charge in [0.15, 0.2) is 24.7 Å². The Hall–Kier alpha value is -4.57. The summed E-state index contributed by atoms with van der Waals surface area (Å²) in [5, 5.41) is 3.59. The van der Waals surface area contributed by atoms with Crippen LogP contribution >= 0.6 is 0 Å². The van der Waals surface area contributed by atoms with Gasteiger partial charge in [-0.05, 0) is 76.1 Å². The van der Waals surface area contributed by atoms with Crippen molar-refractivity contribution in [2.75, 3.05) is 88.6 Å². The first-order chi connectivity index (χ1) is 25.8. The van der Waals surface area contributed by atoms with Gasteiger partial charge in [-0.3, -0.25) is 14.6 Å². The van der Waals surface area contributed by atoms with Gasteiger partial charge in [0.1, 0.15) is 36.3 Å². The lowest BCUT2D eigenvalue weighted by Crippen LogP contribution is -2.47. The number of fused-ring (bicyclic) bond motifs is 3. The van der Waals surface area contributed by atoms with Crippen LogP contribution in [-0.2, 0) is 16.1 Å². The summed E-state index contributed by atoms with van der Waals surface area (Å²) in [6.07, 6.45) is 5.75. The van der Waals surface area contributed by atoms with Crippen molar-refractivity contribution in [1.29, 1.82) is 0 Å². The molecule has 0 radical (unpaired) electrons.